The van der Waals surface area contributed by atoms with Crippen LogP contribution in [0.4, 0.5) is 5.69 Å². The molecule has 1 fully saturated rings. The molecular weight excluding hydrogens is 226 g/mol. The second-order valence-corrected chi connectivity index (χ2v) is 3.99. The molecule has 6 nitrogen and oxygen atoms in total. The summed E-state index contributed by atoms with van der Waals surface area (Å²) in [5.74, 6) is 0.135. The van der Waals surface area contributed by atoms with Gasteiger partial charge in [0.2, 0.25) is 0 Å². The Labute approximate surface area is 98.1 Å². The lowest BCUT2D eigenvalue weighted by atomic mass is 10.0. The molecule has 0 bridgehead atoms. The van der Waals surface area contributed by atoms with E-state index in [0.717, 1.165) is 0 Å². The summed E-state index contributed by atoms with van der Waals surface area (Å²) in [6.45, 7) is -0.0476. The first kappa shape index (κ1) is 12.1. The topological polar surface area (TPSA) is 102 Å². The lowest BCUT2D eigenvalue weighted by Crippen LogP contribution is -2.55. The van der Waals surface area contributed by atoms with Gasteiger partial charge in [-0.05, 0) is 24.3 Å². The summed E-state index contributed by atoms with van der Waals surface area (Å²) in [5.41, 5.74) is 0.635. The molecular formula is C11H15NO5. The number of hydrogen-bond acceptors (Lipinski definition) is 6. The molecule has 5 N–H and O–H groups in total. The van der Waals surface area contributed by atoms with Crippen LogP contribution < -0.4 is 5.32 Å². The zero-order valence-corrected chi connectivity index (χ0v) is 9.02. The van der Waals surface area contributed by atoms with Gasteiger partial charge in [-0.15, -0.1) is 0 Å². The minimum atomic E-state index is -1.24. The van der Waals surface area contributed by atoms with Gasteiger partial charge in [-0.2, -0.15) is 0 Å². The van der Waals surface area contributed by atoms with E-state index in [1.807, 2.05) is 0 Å². The number of aliphatic hydroxyl groups excluding tert-OH is 3. The van der Waals surface area contributed by atoms with Gasteiger partial charge in [0.05, 0.1) is 6.61 Å². The van der Waals surface area contributed by atoms with E-state index < -0.39 is 24.5 Å². The van der Waals surface area contributed by atoms with Crippen molar-refractivity contribution in [1.29, 1.82) is 0 Å². The molecule has 1 aliphatic heterocycles. The van der Waals surface area contributed by atoms with Gasteiger partial charge in [-0.1, -0.05) is 0 Å². The minimum Gasteiger partial charge on any atom is -0.508 e. The number of hydrogen-bond donors (Lipinski definition) is 5. The van der Waals surface area contributed by atoms with Crippen LogP contribution >= 0.6 is 0 Å². The molecule has 0 aromatic heterocycles. The summed E-state index contributed by atoms with van der Waals surface area (Å²) < 4.78 is 5.17. The summed E-state index contributed by atoms with van der Waals surface area (Å²) in [7, 11) is 0. The third-order valence-electron chi connectivity index (χ3n) is 2.68. The van der Waals surface area contributed by atoms with Crippen molar-refractivity contribution in [2.24, 2.45) is 0 Å². The molecule has 0 radical (unpaired) electrons. The van der Waals surface area contributed by atoms with Crippen molar-refractivity contribution < 1.29 is 25.2 Å². The molecule has 1 aromatic rings. The van der Waals surface area contributed by atoms with Gasteiger partial charge < -0.3 is 30.5 Å². The highest BCUT2D eigenvalue weighted by atomic mass is 16.5. The molecule has 1 aromatic carbocycles. The highest BCUT2D eigenvalue weighted by Crippen LogP contribution is 2.20. The first-order valence-corrected chi connectivity index (χ1v) is 5.29. The SMILES string of the molecule is Oc1ccc(N[C@@H]2OC[C@@H](O)[C@@H](O)[C@H]2O)cc1. The Balaban J connectivity index is 2.01. The highest BCUT2D eigenvalue weighted by Gasteiger charge is 2.37. The Hall–Kier alpha value is -1.34. The van der Waals surface area contributed by atoms with Crippen molar-refractivity contribution >= 4 is 5.69 Å². The molecule has 0 amide bonds. The average molecular weight is 241 g/mol. The number of aliphatic hydroxyl groups is 3. The van der Waals surface area contributed by atoms with Gasteiger partial charge in [0.1, 0.15) is 24.1 Å². The summed E-state index contributed by atoms with van der Waals surface area (Å²) in [5, 5.41) is 40.4. The highest BCUT2D eigenvalue weighted by molar-refractivity contribution is 5.46. The van der Waals surface area contributed by atoms with E-state index in [4.69, 9.17) is 9.84 Å². The number of phenols is 1. The zero-order valence-electron chi connectivity index (χ0n) is 9.02. The van der Waals surface area contributed by atoms with Crippen LogP contribution in [0.1, 0.15) is 0 Å². The Morgan fingerprint density at radius 2 is 1.71 bits per heavy atom. The summed E-state index contributed by atoms with van der Waals surface area (Å²) in [6, 6.07) is 6.21. The smallest absolute Gasteiger partial charge is 0.156 e. The lowest BCUT2D eigenvalue weighted by molar-refractivity contribution is -0.178. The summed E-state index contributed by atoms with van der Waals surface area (Å²) in [6.07, 6.45) is -4.33. The molecule has 17 heavy (non-hydrogen) atoms. The van der Waals surface area contributed by atoms with Gasteiger partial charge in [0.25, 0.3) is 0 Å². The van der Waals surface area contributed by atoms with Crippen LogP contribution in [0, 0.1) is 0 Å². The Bertz CT molecular complexity index is 369. The third kappa shape index (κ3) is 2.67. The molecule has 1 aliphatic rings. The van der Waals surface area contributed by atoms with Gasteiger partial charge >= 0.3 is 0 Å². The number of anilines is 1. The van der Waals surface area contributed by atoms with E-state index in [0.29, 0.717) is 5.69 Å². The van der Waals surface area contributed by atoms with Crippen LogP contribution in [0.25, 0.3) is 0 Å². The molecule has 4 atom stereocenters. The second kappa shape index (κ2) is 4.89. The van der Waals surface area contributed by atoms with Gasteiger partial charge in [0, 0.05) is 5.69 Å². The Morgan fingerprint density at radius 1 is 1.06 bits per heavy atom. The minimum absolute atomic E-state index is 0.0476. The molecule has 94 valence electrons. The molecule has 1 saturated heterocycles. The molecule has 6 heteroatoms. The quantitative estimate of drug-likeness (QED) is 0.436. The van der Waals surface area contributed by atoms with Gasteiger partial charge in [-0.25, -0.2) is 0 Å². The fourth-order valence-corrected chi connectivity index (χ4v) is 1.66. The normalized spacial score (nSPS) is 33.4. The van der Waals surface area contributed by atoms with Crippen LogP contribution in [-0.2, 0) is 4.74 Å². The van der Waals surface area contributed by atoms with Crippen LogP contribution in [0.2, 0.25) is 0 Å². The maximum absolute atomic E-state index is 9.68. The maximum atomic E-state index is 9.68. The molecule has 1 heterocycles. The number of phenolic OH excluding ortho intramolecular Hbond substituents is 1. The third-order valence-corrected chi connectivity index (χ3v) is 2.68. The predicted octanol–water partition coefficient (Wildman–Crippen LogP) is -0.757. The van der Waals surface area contributed by atoms with Crippen molar-refractivity contribution in [3.8, 4) is 5.75 Å². The standard InChI is InChI=1S/C11H15NO5/c13-7-3-1-6(2-4-7)12-11-10(16)9(15)8(14)5-17-11/h1-4,8-16H,5H2/t8-,9-,10-,11-/m1/s1. The fourth-order valence-electron chi connectivity index (χ4n) is 1.66. The number of benzene rings is 1. The molecule has 0 spiro atoms. The van der Waals surface area contributed by atoms with Crippen molar-refractivity contribution in [3.63, 3.8) is 0 Å². The maximum Gasteiger partial charge on any atom is 0.156 e. The molecule has 0 saturated carbocycles. The van der Waals surface area contributed by atoms with Crippen molar-refractivity contribution in [2.75, 3.05) is 11.9 Å². The van der Waals surface area contributed by atoms with E-state index >= 15 is 0 Å². The van der Waals surface area contributed by atoms with Crippen molar-refractivity contribution in [1.82, 2.24) is 0 Å². The predicted molar refractivity (Wildman–Crippen MR) is 59.5 cm³/mol. The van der Waals surface area contributed by atoms with Crippen molar-refractivity contribution in [3.05, 3.63) is 24.3 Å². The van der Waals surface area contributed by atoms with Gasteiger partial charge in [-0.3, -0.25) is 0 Å². The van der Waals surface area contributed by atoms with Crippen LogP contribution in [0.5, 0.6) is 5.75 Å². The molecule has 0 aliphatic carbocycles. The monoisotopic (exact) mass is 241 g/mol. The van der Waals surface area contributed by atoms with Crippen LogP contribution in [0.15, 0.2) is 24.3 Å². The van der Waals surface area contributed by atoms with Crippen LogP contribution in [0.3, 0.4) is 0 Å². The van der Waals surface area contributed by atoms with E-state index in [1.165, 1.54) is 12.1 Å². The summed E-state index contributed by atoms with van der Waals surface area (Å²) in [4.78, 5) is 0. The van der Waals surface area contributed by atoms with Crippen LogP contribution in [-0.4, -0.2) is 51.6 Å². The van der Waals surface area contributed by atoms with Crippen molar-refractivity contribution in [2.45, 2.75) is 24.5 Å². The Kier molecular flexibility index (Phi) is 3.49. The second-order valence-electron chi connectivity index (χ2n) is 3.99. The molecule has 2 rings (SSSR count). The van der Waals surface area contributed by atoms with E-state index in [-0.39, 0.29) is 12.4 Å². The van der Waals surface area contributed by atoms with E-state index in [1.54, 1.807) is 12.1 Å². The first-order chi connectivity index (χ1) is 8.08. The summed E-state index contributed by atoms with van der Waals surface area (Å²) >= 11 is 0. The number of aromatic hydroxyl groups is 1. The number of ether oxygens (including phenoxy) is 1. The zero-order chi connectivity index (χ0) is 12.4. The van der Waals surface area contributed by atoms with E-state index in [9.17, 15) is 15.3 Å². The Morgan fingerprint density at radius 3 is 2.35 bits per heavy atom. The van der Waals surface area contributed by atoms with E-state index in [2.05, 4.69) is 5.32 Å². The number of nitrogens with one attached hydrogen (secondary N) is 1. The first-order valence-electron chi connectivity index (χ1n) is 5.29. The lowest BCUT2D eigenvalue weighted by Gasteiger charge is -2.35. The fraction of sp³-hybridized carbons (Fsp3) is 0.455. The van der Waals surface area contributed by atoms with Gasteiger partial charge in [0.15, 0.2) is 6.23 Å². The largest absolute Gasteiger partial charge is 0.508 e. The number of rotatable bonds is 2. The average Bonchev–Trinajstić information content (AvgIpc) is 2.33. The molecule has 0 unspecified atom stereocenters.